The molecule has 0 saturated carbocycles. The van der Waals surface area contributed by atoms with Crippen LogP contribution in [-0.2, 0) is 9.59 Å². The monoisotopic (exact) mass is 422 g/mol. The molecular weight excluding hydrogens is 392 g/mol. The number of carbonyl (C=O) groups is 2. The van der Waals surface area contributed by atoms with Gasteiger partial charge in [0.15, 0.2) is 5.82 Å². The van der Waals surface area contributed by atoms with Crippen molar-refractivity contribution in [3.8, 4) is 0 Å². The molecule has 2 aliphatic rings. The molecule has 8 heteroatoms. The number of hydrogen-bond acceptors (Lipinski definition) is 6. The van der Waals surface area contributed by atoms with Gasteiger partial charge in [-0.25, -0.2) is 0 Å². The molecule has 31 heavy (non-hydrogen) atoms. The standard InChI is InChI=1S/C23H30N6O2/c1-17(27(2)16-20-9-5-13-28(20)21-10-4-12-24-26-21)23(31)25-18-7-3-8-19(15-18)29-14-6-11-22(29)30/h3-4,7-8,10,12,15,17,20H,5-6,9,11,13-14,16H2,1-2H3,(H,25,31). The third-order valence-corrected chi connectivity index (χ3v) is 6.27. The molecule has 1 aromatic heterocycles. The van der Waals surface area contributed by atoms with Crippen molar-refractivity contribution in [3.05, 3.63) is 42.6 Å². The summed E-state index contributed by atoms with van der Waals surface area (Å²) < 4.78 is 0. The summed E-state index contributed by atoms with van der Waals surface area (Å²) in [7, 11) is 1.98. The fourth-order valence-corrected chi connectivity index (χ4v) is 4.38. The van der Waals surface area contributed by atoms with Gasteiger partial charge in [-0.05, 0) is 63.6 Å². The molecule has 0 radical (unpaired) electrons. The molecule has 0 bridgehead atoms. The van der Waals surface area contributed by atoms with Crippen LogP contribution >= 0.6 is 0 Å². The van der Waals surface area contributed by atoms with Gasteiger partial charge < -0.3 is 15.1 Å². The van der Waals surface area contributed by atoms with Gasteiger partial charge in [0.1, 0.15) is 0 Å². The van der Waals surface area contributed by atoms with Gasteiger partial charge in [0.2, 0.25) is 11.8 Å². The van der Waals surface area contributed by atoms with Crippen LogP contribution in [-0.4, -0.2) is 65.7 Å². The van der Waals surface area contributed by atoms with Gasteiger partial charge in [-0.2, -0.15) is 5.10 Å². The summed E-state index contributed by atoms with van der Waals surface area (Å²) in [6, 6.07) is 11.4. The van der Waals surface area contributed by atoms with E-state index in [2.05, 4.69) is 25.3 Å². The number of anilines is 3. The van der Waals surface area contributed by atoms with Crippen LogP contribution in [0.25, 0.3) is 0 Å². The highest BCUT2D eigenvalue weighted by Crippen LogP contribution is 2.26. The third kappa shape index (κ3) is 4.85. The Hall–Kier alpha value is -3.00. The Bertz CT molecular complexity index is 921. The Kier molecular flexibility index (Phi) is 6.46. The number of rotatable bonds is 7. The van der Waals surface area contributed by atoms with E-state index in [-0.39, 0.29) is 17.9 Å². The summed E-state index contributed by atoms with van der Waals surface area (Å²) in [5.41, 5.74) is 1.55. The van der Waals surface area contributed by atoms with E-state index < -0.39 is 0 Å². The maximum absolute atomic E-state index is 12.9. The van der Waals surface area contributed by atoms with Crippen molar-refractivity contribution in [2.24, 2.45) is 0 Å². The molecule has 4 rings (SSSR count). The van der Waals surface area contributed by atoms with Gasteiger partial charge in [-0.3, -0.25) is 14.5 Å². The number of nitrogens with zero attached hydrogens (tertiary/aromatic N) is 5. The van der Waals surface area contributed by atoms with Gasteiger partial charge >= 0.3 is 0 Å². The van der Waals surface area contributed by atoms with Crippen LogP contribution < -0.4 is 15.1 Å². The minimum absolute atomic E-state index is 0.0588. The minimum atomic E-state index is -0.290. The molecule has 2 saturated heterocycles. The van der Waals surface area contributed by atoms with Crippen LogP contribution in [0.3, 0.4) is 0 Å². The zero-order chi connectivity index (χ0) is 21.8. The first-order valence-corrected chi connectivity index (χ1v) is 11.0. The summed E-state index contributed by atoms with van der Waals surface area (Å²) in [5, 5.41) is 11.3. The SMILES string of the molecule is CC(C(=O)Nc1cccc(N2CCCC2=O)c1)N(C)CC1CCCN1c1cccnn1. The van der Waals surface area contributed by atoms with Gasteiger partial charge in [-0.15, -0.1) is 5.10 Å². The molecule has 0 aliphatic carbocycles. The first-order chi connectivity index (χ1) is 15.0. The molecule has 2 fully saturated rings. The maximum atomic E-state index is 12.9. The third-order valence-electron chi connectivity index (χ3n) is 6.27. The quantitative estimate of drug-likeness (QED) is 0.739. The lowest BCUT2D eigenvalue weighted by atomic mass is 10.1. The molecule has 8 nitrogen and oxygen atoms in total. The van der Waals surface area contributed by atoms with Crippen molar-refractivity contribution >= 4 is 29.0 Å². The summed E-state index contributed by atoms with van der Waals surface area (Å²) >= 11 is 0. The molecule has 2 aromatic rings. The van der Waals surface area contributed by atoms with E-state index in [1.54, 1.807) is 11.1 Å². The number of amides is 2. The molecule has 3 heterocycles. The normalized spacial score (nSPS) is 19.8. The summed E-state index contributed by atoms with van der Waals surface area (Å²) in [4.78, 5) is 31.1. The van der Waals surface area contributed by atoms with Gasteiger partial charge in [-0.1, -0.05) is 6.07 Å². The van der Waals surface area contributed by atoms with Crippen molar-refractivity contribution in [2.45, 2.75) is 44.7 Å². The molecule has 1 N–H and O–H groups in total. The van der Waals surface area contributed by atoms with Gasteiger partial charge in [0, 0.05) is 49.7 Å². The first kappa shape index (κ1) is 21.2. The second-order valence-electron chi connectivity index (χ2n) is 8.38. The minimum Gasteiger partial charge on any atom is -0.351 e. The van der Waals surface area contributed by atoms with E-state index in [9.17, 15) is 9.59 Å². The second-order valence-corrected chi connectivity index (χ2v) is 8.38. The topological polar surface area (TPSA) is 81.7 Å². The van der Waals surface area contributed by atoms with Crippen molar-refractivity contribution < 1.29 is 9.59 Å². The number of aromatic nitrogens is 2. The smallest absolute Gasteiger partial charge is 0.241 e. The highest BCUT2D eigenvalue weighted by molar-refractivity contribution is 5.98. The fourth-order valence-electron chi connectivity index (χ4n) is 4.38. The molecule has 164 valence electrons. The van der Waals surface area contributed by atoms with E-state index >= 15 is 0 Å². The molecular formula is C23H30N6O2. The number of nitrogens with one attached hydrogen (secondary N) is 1. The number of carbonyl (C=O) groups excluding carboxylic acids is 2. The van der Waals surface area contributed by atoms with E-state index in [1.165, 1.54) is 0 Å². The first-order valence-electron chi connectivity index (χ1n) is 11.0. The van der Waals surface area contributed by atoms with Gasteiger partial charge in [0.05, 0.1) is 6.04 Å². The predicted octanol–water partition coefficient (Wildman–Crippen LogP) is 2.53. The van der Waals surface area contributed by atoms with Crippen LogP contribution in [0, 0.1) is 0 Å². The lowest BCUT2D eigenvalue weighted by Gasteiger charge is -2.31. The second kappa shape index (κ2) is 9.43. The molecule has 2 atom stereocenters. The lowest BCUT2D eigenvalue weighted by Crippen LogP contribution is -2.46. The summed E-state index contributed by atoms with van der Waals surface area (Å²) in [6.45, 7) is 4.39. The lowest BCUT2D eigenvalue weighted by molar-refractivity contribution is -0.120. The number of benzene rings is 1. The van der Waals surface area contributed by atoms with E-state index in [4.69, 9.17) is 0 Å². The zero-order valence-electron chi connectivity index (χ0n) is 18.2. The van der Waals surface area contributed by atoms with Crippen LogP contribution in [0.2, 0.25) is 0 Å². The highest BCUT2D eigenvalue weighted by Gasteiger charge is 2.29. The van der Waals surface area contributed by atoms with Crippen LogP contribution in [0.1, 0.15) is 32.6 Å². The fraction of sp³-hybridized carbons (Fsp3) is 0.478. The van der Waals surface area contributed by atoms with Crippen molar-refractivity contribution in [3.63, 3.8) is 0 Å². The van der Waals surface area contributed by atoms with Crippen LogP contribution in [0.15, 0.2) is 42.6 Å². The molecule has 2 amide bonds. The Morgan fingerprint density at radius 3 is 2.87 bits per heavy atom. The van der Waals surface area contributed by atoms with Crippen LogP contribution in [0.4, 0.5) is 17.2 Å². The molecule has 2 unspecified atom stereocenters. The Morgan fingerprint density at radius 1 is 1.26 bits per heavy atom. The largest absolute Gasteiger partial charge is 0.351 e. The summed E-state index contributed by atoms with van der Waals surface area (Å²) in [6.07, 6.45) is 5.33. The molecule has 0 spiro atoms. The van der Waals surface area contributed by atoms with Crippen LogP contribution in [0.5, 0.6) is 0 Å². The summed E-state index contributed by atoms with van der Waals surface area (Å²) in [5.74, 6) is 0.973. The highest BCUT2D eigenvalue weighted by atomic mass is 16.2. The van der Waals surface area contributed by atoms with E-state index in [0.717, 1.165) is 50.4 Å². The average Bonchev–Trinajstić information content (AvgIpc) is 3.42. The number of hydrogen-bond donors (Lipinski definition) is 1. The molecule has 1 aromatic carbocycles. The molecule has 2 aliphatic heterocycles. The van der Waals surface area contributed by atoms with E-state index in [0.29, 0.717) is 18.2 Å². The van der Waals surface area contributed by atoms with Gasteiger partial charge in [0.25, 0.3) is 0 Å². The Morgan fingerprint density at radius 2 is 2.13 bits per heavy atom. The predicted molar refractivity (Wildman–Crippen MR) is 121 cm³/mol. The average molecular weight is 423 g/mol. The van der Waals surface area contributed by atoms with Crippen molar-refractivity contribution in [2.75, 3.05) is 41.8 Å². The van der Waals surface area contributed by atoms with Crippen molar-refractivity contribution in [1.82, 2.24) is 15.1 Å². The maximum Gasteiger partial charge on any atom is 0.241 e. The van der Waals surface area contributed by atoms with E-state index in [1.807, 2.05) is 50.4 Å². The zero-order valence-corrected chi connectivity index (χ0v) is 18.2. The van der Waals surface area contributed by atoms with Crippen molar-refractivity contribution in [1.29, 1.82) is 0 Å². The Balaban J connectivity index is 1.36. The Labute approximate surface area is 183 Å². The number of likely N-dealkylation sites (N-methyl/N-ethyl adjacent to an activating group) is 1.